The first-order chi connectivity index (χ1) is 6.31. The molecular formula is C11H26N2O. The van der Waals surface area contributed by atoms with Crippen molar-refractivity contribution in [1.29, 1.82) is 0 Å². The molecule has 0 aromatic heterocycles. The number of hydrogen-bond donors (Lipinski definition) is 2. The molecule has 0 aromatic rings. The molecule has 0 aliphatic rings. The lowest BCUT2D eigenvalue weighted by molar-refractivity contribution is 0.230. The molecule has 0 radical (unpaired) electrons. The molecule has 0 aliphatic carbocycles. The van der Waals surface area contributed by atoms with Gasteiger partial charge >= 0.3 is 6.03 Å². The molecule has 0 atom stereocenters. The van der Waals surface area contributed by atoms with Crippen molar-refractivity contribution >= 4 is 6.03 Å². The predicted octanol–water partition coefficient (Wildman–Crippen LogP) is 2.77. The smallest absolute Gasteiger partial charge is 0.315 e. The number of hydrogen-bond acceptors (Lipinski definition) is 1. The Bertz CT molecular complexity index is 148. The van der Waals surface area contributed by atoms with Gasteiger partial charge in [0.25, 0.3) is 0 Å². The predicted molar refractivity (Wildman–Crippen MR) is 62.5 cm³/mol. The first-order valence-corrected chi connectivity index (χ1v) is 5.37. The van der Waals surface area contributed by atoms with Crippen LogP contribution in [0, 0.1) is 5.92 Å². The molecule has 2 N–H and O–H groups in total. The first kappa shape index (κ1) is 15.7. The van der Waals surface area contributed by atoms with Gasteiger partial charge in [0.05, 0.1) is 0 Å². The summed E-state index contributed by atoms with van der Waals surface area (Å²) in [7, 11) is 0. The minimum Gasteiger partial charge on any atom is -0.338 e. The summed E-state index contributed by atoms with van der Waals surface area (Å²) in [6.45, 7) is 14.7. The Kier molecular flexibility index (Phi) is 8.60. The highest BCUT2D eigenvalue weighted by atomic mass is 16.2. The SMILES string of the molecule is CC.CC(C)CNC(=O)NC(C)(C)C. The summed E-state index contributed by atoms with van der Waals surface area (Å²) in [5, 5.41) is 5.61. The summed E-state index contributed by atoms with van der Waals surface area (Å²) < 4.78 is 0. The van der Waals surface area contributed by atoms with Crippen LogP contribution in [0.3, 0.4) is 0 Å². The molecule has 0 saturated heterocycles. The fourth-order valence-electron chi connectivity index (χ4n) is 0.682. The van der Waals surface area contributed by atoms with Crippen molar-refractivity contribution in [3.63, 3.8) is 0 Å². The number of nitrogens with one attached hydrogen (secondary N) is 2. The molecule has 86 valence electrons. The third-order valence-corrected chi connectivity index (χ3v) is 1.16. The van der Waals surface area contributed by atoms with Gasteiger partial charge in [-0.1, -0.05) is 27.7 Å². The Morgan fingerprint density at radius 1 is 1.21 bits per heavy atom. The van der Waals surface area contributed by atoms with Gasteiger partial charge in [0.15, 0.2) is 0 Å². The van der Waals surface area contributed by atoms with Gasteiger partial charge in [0.1, 0.15) is 0 Å². The van der Waals surface area contributed by atoms with E-state index in [1.54, 1.807) is 0 Å². The second-order valence-corrected chi connectivity index (χ2v) is 4.48. The normalized spacial score (nSPS) is 10.3. The van der Waals surface area contributed by atoms with Crippen LogP contribution >= 0.6 is 0 Å². The Morgan fingerprint density at radius 2 is 1.64 bits per heavy atom. The molecule has 0 spiro atoms. The molecule has 0 saturated carbocycles. The van der Waals surface area contributed by atoms with Gasteiger partial charge in [0.2, 0.25) is 0 Å². The second kappa shape index (κ2) is 7.65. The van der Waals surface area contributed by atoms with Crippen molar-refractivity contribution in [2.24, 2.45) is 5.92 Å². The second-order valence-electron chi connectivity index (χ2n) is 4.48. The van der Waals surface area contributed by atoms with E-state index < -0.39 is 0 Å². The van der Waals surface area contributed by atoms with Crippen LogP contribution in [0.15, 0.2) is 0 Å². The van der Waals surface area contributed by atoms with Gasteiger partial charge in [-0.2, -0.15) is 0 Å². The number of carbonyl (C=O) groups is 1. The van der Waals surface area contributed by atoms with Crippen molar-refractivity contribution in [2.75, 3.05) is 6.54 Å². The van der Waals surface area contributed by atoms with Gasteiger partial charge in [0, 0.05) is 12.1 Å². The highest BCUT2D eigenvalue weighted by Crippen LogP contribution is 1.97. The molecule has 0 bridgehead atoms. The van der Waals surface area contributed by atoms with Crippen molar-refractivity contribution in [3.05, 3.63) is 0 Å². The standard InChI is InChI=1S/C9H20N2O.C2H6/c1-7(2)6-10-8(12)11-9(3,4)5;1-2/h7H,6H2,1-5H3,(H2,10,11,12);1-2H3. The maximum Gasteiger partial charge on any atom is 0.315 e. The summed E-state index contributed by atoms with van der Waals surface area (Å²) in [6, 6.07) is -0.0869. The van der Waals surface area contributed by atoms with Crippen LogP contribution in [0.25, 0.3) is 0 Å². The summed E-state index contributed by atoms with van der Waals surface area (Å²) in [6.07, 6.45) is 0. The molecule has 0 aromatic carbocycles. The zero-order valence-electron chi connectivity index (χ0n) is 10.7. The fraction of sp³-hybridized carbons (Fsp3) is 0.909. The van der Waals surface area contributed by atoms with E-state index >= 15 is 0 Å². The third kappa shape index (κ3) is 13.8. The molecule has 2 amide bonds. The van der Waals surface area contributed by atoms with E-state index in [2.05, 4.69) is 24.5 Å². The van der Waals surface area contributed by atoms with Crippen molar-refractivity contribution in [3.8, 4) is 0 Å². The lowest BCUT2D eigenvalue weighted by atomic mass is 10.1. The fourth-order valence-corrected chi connectivity index (χ4v) is 0.682. The van der Waals surface area contributed by atoms with Crippen LogP contribution in [0.5, 0.6) is 0 Å². The summed E-state index contributed by atoms with van der Waals surface area (Å²) in [5.41, 5.74) is -0.152. The van der Waals surface area contributed by atoms with Gasteiger partial charge in [-0.25, -0.2) is 4.79 Å². The monoisotopic (exact) mass is 202 g/mol. The Hall–Kier alpha value is -0.730. The van der Waals surface area contributed by atoms with Crippen LogP contribution < -0.4 is 10.6 Å². The summed E-state index contributed by atoms with van der Waals surface area (Å²) in [4.78, 5) is 11.1. The Balaban J connectivity index is 0. The zero-order valence-corrected chi connectivity index (χ0v) is 10.7. The van der Waals surface area contributed by atoms with E-state index in [1.165, 1.54) is 0 Å². The zero-order chi connectivity index (χ0) is 11.8. The quantitative estimate of drug-likeness (QED) is 0.710. The van der Waals surface area contributed by atoms with Gasteiger partial charge < -0.3 is 10.6 Å². The van der Waals surface area contributed by atoms with Gasteiger partial charge in [-0.3, -0.25) is 0 Å². The third-order valence-electron chi connectivity index (χ3n) is 1.16. The number of carbonyl (C=O) groups excluding carboxylic acids is 1. The van der Waals surface area contributed by atoms with Crippen molar-refractivity contribution in [1.82, 2.24) is 10.6 Å². The van der Waals surface area contributed by atoms with E-state index in [9.17, 15) is 4.79 Å². The number of urea groups is 1. The van der Waals surface area contributed by atoms with Crippen molar-refractivity contribution < 1.29 is 4.79 Å². The maximum atomic E-state index is 11.1. The van der Waals surface area contributed by atoms with Gasteiger partial charge in [-0.05, 0) is 26.7 Å². The lowest BCUT2D eigenvalue weighted by Crippen LogP contribution is -2.47. The summed E-state index contributed by atoms with van der Waals surface area (Å²) in [5.74, 6) is 0.496. The topological polar surface area (TPSA) is 41.1 Å². The van der Waals surface area contributed by atoms with E-state index in [1.807, 2.05) is 34.6 Å². The van der Waals surface area contributed by atoms with E-state index in [4.69, 9.17) is 0 Å². The molecule has 14 heavy (non-hydrogen) atoms. The molecule has 3 heteroatoms. The van der Waals surface area contributed by atoms with Crippen LogP contribution in [0.2, 0.25) is 0 Å². The minimum absolute atomic E-state index is 0.0869. The van der Waals surface area contributed by atoms with Gasteiger partial charge in [-0.15, -0.1) is 0 Å². The average Bonchev–Trinajstić information content (AvgIpc) is 2.02. The summed E-state index contributed by atoms with van der Waals surface area (Å²) >= 11 is 0. The molecule has 0 fully saturated rings. The maximum absolute atomic E-state index is 11.1. The highest BCUT2D eigenvalue weighted by molar-refractivity contribution is 5.74. The van der Waals surface area contributed by atoms with Crippen molar-refractivity contribution in [2.45, 2.75) is 54.0 Å². The van der Waals surface area contributed by atoms with E-state index in [0.717, 1.165) is 6.54 Å². The van der Waals surface area contributed by atoms with Crippen LogP contribution in [-0.4, -0.2) is 18.1 Å². The molecular weight excluding hydrogens is 176 g/mol. The molecule has 3 nitrogen and oxygen atoms in total. The van der Waals surface area contributed by atoms with Crippen LogP contribution in [0.1, 0.15) is 48.5 Å². The van der Waals surface area contributed by atoms with Crippen LogP contribution in [-0.2, 0) is 0 Å². The van der Waals surface area contributed by atoms with E-state index in [0.29, 0.717) is 5.92 Å². The van der Waals surface area contributed by atoms with Crippen LogP contribution in [0.4, 0.5) is 4.79 Å². The van der Waals surface area contributed by atoms with E-state index in [-0.39, 0.29) is 11.6 Å². The molecule has 0 aliphatic heterocycles. The first-order valence-electron chi connectivity index (χ1n) is 5.37. The number of rotatable bonds is 2. The Morgan fingerprint density at radius 3 is 1.93 bits per heavy atom. The number of amides is 2. The lowest BCUT2D eigenvalue weighted by Gasteiger charge is -2.21. The average molecular weight is 202 g/mol. The molecule has 0 heterocycles. The highest BCUT2D eigenvalue weighted by Gasteiger charge is 2.12. The largest absolute Gasteiger partial charge is 0.338 e. The minimum atomic E-state index is -0.152. The Labute approximate surface area is 88.7 Å². The molecule has 0 unspecified atom stereocenters. The molecule has 0 rings (SSSR count).